The minimum Gasteiger partial charge on any atom is -0.467 e. The van der Waals surface area contributed by atoms with Crippen molar-refractivity contribution >= 4 is 47.9 Å². The van der Waals surface area contributed by atoms with Gasteiger partial charge in [0.05, 0.1) is 7.11 Å². The number of nitrogens with one attached hydrogen (secondary N) is 6. The first kappa shape index (κ1) is 60.9. The fourth-order valence-corrected chi connectivity index (χ4v) is 8.01. The molecule has 1 fully saturated rings. The molecule has 4 atom stereocenters. The van der Waals surface area contributed by atoms with Crippen LogP contribution in [0.4, 0.5) is 14.4 Å². The van der Waals surface area contributed by atoms with Crippen molar-refractivity contribution in [3.05, 3.63) is 108 Å². The van der Waals surface area contributed by atoms with E-state index in [1.54, 1.807) is 141 Å². The molecule has 1 aliphatic heterocycles. The summed E-state index contributed by atoms with van der Waals surface area (Å²) in [5.74, 6) is 2.61. The van der Waals surface area contributed by atoms with Crippen LogP contribution in [0.5, 0.6) is 0 Å². The fourth-order valence-electron chi connectivity index (χ4n) is 8.01. The Kier molecular flexibility index (Phi) is 22.7. The molecule has 0 radical (unpaired) electrons. The second-order valence-electron chi connectivity index (χ2n) is 21.6. The summed E-state index contributed by atoms with van der Waals surface area (Å²) in [5.41, 5.74) is -1.91. The van der Waals surface area contributed by atoms with Crippen LogP contribution in [0.15, 0.2) is 91.0 Å². The van der Waals surface area contributed by atoms with Crippen molar-refractivity contribution in [2.24, 2.45) is 0 Å². The maximum Gasteiger partial charge on any atom is 0.408 e. The van der Waals surface area contributed by atoms with Gasteiger partial charge in [-0.05, 0) is 118 Å². The summed E-state index contributed by atoms with van der Waals surface area (Å²) in [4.78, 5) is 112. The largest absolute Gasteiger partial charge is 0.467 e. The molecular weight excluding hydrogens is 975 g/mol. The van der Waals surface area contributed by atoms with Gasteiger partial charge in [-0.25, -0.2) is 19.2 Å². The van der Waals surface area contributed by atoms with Gasteiger partial charge in [0.2, 0.25) is 23.6 Å². The van der Waals surface area contributed by atoms with Crippen LogP contribution < -0.4 is 31.9 Å². The monoisotopic (exact) mass is 1050 g/mol. The number of carbonyl (C=O) groups excluding carboxylic acids is 8. The molecule has 0 aliphatic carbocycles. The summed E-state index contributed by atoms with van der Waals surface area (Å²) in [6.07, 6.45) is -1.72. The number of piperidine rings is 1. The Hall–Kier alpha value is -7.62. The molecule has 19 heteroatoms. The van der Waals surface area contributed by atoms with Crippen molar-refractivity contribution in [2.45, 2.75) is 160 Å². The first-order valence-corrected chi connectivity index (χ1v) is 25.6. The van der Waals surface area contributed by atoms with Gasteiger partial charge in [-0.2, -0.15) is 0 Å². The van der Waals surface area contributed by atoms with Crippen molar-refractivity contribution < 1.29 is 57.3 Å². The smallest absolute Gasteiger partial charge is 0.408 e. The van der Waals surface area contributed by atoms with Crippen molar-refractivity contribution in [3.8, 4) is 11.8 Å². The molecule has 0 spiro atoms. The molecule has 19 nitrogen and oxygen atoms in total. The number of hydrogen-bond acceptors (Lipinski definition) is 12. The van der Waals surface area contributed by atoms with Crippen LogP contribution in [-0.4, -0.2) is 126 Å². The number of methoxy groups -OCH3 is 1. The quantitative estimate of drug-likeness (QED) is 0.0330. The van der Waals surface area contributed by atoms with Gasteiger partial charge in [-0.1, -0.05) is 90.7 Å². The van der Waals surface area contributed by atoms with E-state index in [2.05, 4.69) is 43.7 Å². The summed E-state index contributed by atoms with van der Waals surface area (Å²) >= 11 is 0. The van der Waals surface area contributed by atoms with Crippen LogP contribution in [0.3, 0.4) is 0 Å². The maximum absolute atomic E-state index is 14.7. The maximum atomic E-state index is 14.7. The third-order valence-electron chi connectivity index (χ3n) is 11.6. The normalized spacial score (nSPS) is 14.8. The van der Waals surface area contributed by atoms with E-state index in [0.717, 1.165) is 5.56 Å². The Morgan fingerprint density at radius 3 is 1.53 bits per heavy atom. The van der Waals surface area contributed by atoms with E-state index >= 15 is 0 Å². The number of amides is 7. The number of alkyl carbamates (subject to hydrolysis) is 3. The highest BCUT2D eigenvalue weighted by Gasteiger charge is 2.46. The lowest BCUT2D eigenvalue weighted by molar-refractivity contribution is -0.153. The lowest BCUT2D eigenvalue weighted by atomic mass is 9.87. The second-order valence-corrected chi connectivity index (χ2v) is 21.6. The molecule has 6 N–H and O–H groups in total. The van der Waals surface area contributed by atoms with Crippen molar-refractivity contribution in [3.63, 3.8) is 0 Å². The molecule has 1 aliphatic rings. The Balaban J connectivity index is 1.66. The summed E-state index contributed by atoms with van der Waals surface area (Å²) in [6.45, 7) is 15.5. The van der Waals surface area contributed by atoms with Crippen LogP contribution in [0.25, 0.3) is 0 Å². The number of esters is 1. The lowest BCUT2D eigenvalue weighted by Gasteiger charge is -2.41. The van der Waals surface area contributed by atoms with Crippen LogP contribution in [-0.2, 0) is 55.8 Å². The van der Waals surface area contributed by atoms with Crippen molar-refractivity contribution in [1.82, 2.24) is 36.8 Å². The van der Waals surface area contributed by atoms with E-state index in [0.29, 0.717) is 24.0 Å². The first-order chi connectivity index (χ1) is 35.7. The second kappa shape index (κ2) is 28.3. The van der Waals surface area contributed by atoms with E-state index in [1.165, 1.54) is 12.0 Å². The lowest BCUT2D eigenvalue weighted by Crippen LogP contribution is -2.63. The molecule has 4 rings (SSSR count). The zero-order valence-electron chi connectivity index (χ0n) is 45.6. The molecule has 0 saturated carbocycles. The highest BCUT2D eigenvalue weighted by Crippen LogP contribution is 2.26. The van der Waals surface area contributed by atoms with Gasteiger partial charge >= 0.3 is 24.2 Å². The summed E-state index contributed by atoms with van der Waals surface area (Å²) in [7, 11) is 1.20. The highest BCUT2D eigenvalue weighted by molar-refractivity contribution is 5.96. The molecule has 0 aromatic heterocycles. The number of carbonyl (C=O) groups is 8. The molecule has 1 saturated heterocycles. The Bertz CT molecular complexity index is 2490. The van der Waals surface area contributed by atoms with Crippen molar-refractivity contribution in [1.29, 1.82) is 0 Å². The topological polar surface area (TPSA) is 249 Å². The van der Waals surface area contributed by atoms with Gasteiger partial charge in [0, 0.05) is 44.5 Å². The van der Waals surface area contributed by atoms with E-state index in [9.17, 15) is 38.4 Å². The summed E-state index contributed by atoms with van der Waals surface area (Å²) < 4.78 is 21.4. The predicted molar refractivity (Wildman–Crippen MR) is 285 cm³/mol. The molecule has 3 aromatic rings. The number of hydrogen-bond donors (Lipinski definition) is 6. The third kappa shape index (κ3) is 21.7. The molecule has 1 heterocycles. The highest BCUT2D eigenvalue weighted by atomic mass is 16.6. The first-order valence-electron chi connectivity index (χ1n) is 25.6. The van der Waals surface area contributed by atoms with Crippen LogP contribution in [0.1, 0.15) is 118 Å². The minimum absolute atomic E-state index is 0.0177. The number of likely N-dealkylation sites (tertiary alicyclic amines) is 1. The van der Waals surface area contributed by atoms with Gasteiger partial charge in [-0.3, -0.25) is 19.2 Å². The van der Waals surface area contributed by atoms with Gasteiger partial charge in [0.15, 0.2) is 0 Å². The zero-order chi connectivity index (χ0) is 56.1. The average molecular weight is 1050 g/mol. The number of unbranched alkanes of at least 4 members (excludes halogenated alkanes) is 1. The number of nitrogens with zero attached hydrogens (tertiary/aromatic N) is 1. The summed E-state index contributed by atoms with van der Waals surface area (Å²) in [5, 5.41) is 16.6. The zero-order valence-corrected chi connectivity index (χ0v) is 45.6. The predicted octanol–water partition coefficient (Wildman–Crippen LogP) is 6.02. The average Bonchev–Trinajstić information content (AvgIpc) is 3.34. The van der Waals surface area contributed by atoms with Gasteiger partial charge in [0.1, 0.15) is 46.5 Å². The minimum atomic E-state index is -1.51. The molecular formula is C57H77N7O12. The van der Waals surface area contributed by atoms with Gasteiger partial charge in [-0.15, -0.1) is 0 Å². The fraction of sp³-hybridized carbons (Fsp3) is 0.509. The number of ether oxygens (including phenoxy) is 4. The van der Waals surface area contributed by atoms with Crippen LogP contribution in [0.2, 0.25) is 0 Å². The molecule has 7 amide bonds. The molecule has 412 valence electrons. The molecule has 0 unspecified atom stereocenters. The Labute approximate surface area is 447 Å². The van der Waals surface area contributed by atoms with E-state index < -0.39 is 94.4 Å². The Morgan fingerprint density at radius 2 is 1.01 bits per heavy atom. The SMILES string of the molecule is COC(=O)C1(NC(=O)OC(C)(C)C)CCN(C(=O)[C@@H](CCCCNC(=O)OC(C)(C)C)NC(=O)[C@@H](CC#Cc2ccccc2)NC(=O)[C@@H](Cc2ccccc2)NC(=O)[C@@H](Cc2ccccc2)NC(=O)OC(C)(C)C)CC1. The van der Waals surface area contributed by atoms with Crippen LogP contribution >= 0.6 is 0 Å². The molecule has 0 bridgehead atoms. The van der Waals surface area contributed by atoms with E-state index in [1.807, 2.05) is 12.1 Å². The van der Waals surface area contributed by atoms with E-state index in [4.69, 9.17) is 18.9 Å². The third-order valence-corrected chi connectivity index (χ3v) is 11.6. The van der Waals surface area contributed by atoms with Gasteiger partial charge in [0.25, 0.3) is 0 Å². The van der Waals surface area contributed by atoms with E-state index in [-0.39, 0.29) is 58.2 Å². The standard InChI is InChI=1S/C57H77N7O12/c1-54(2,3)74-51(70)58-34-21-20-30-43(49(68)64-35-32-57(33-36-64,50(69)73-10)63-53(72)76-56(7,8)9)60-46(65)42(31-22-29-39-23-14-11-15-24-39)59-47(66)44(37-40-25-16-12-17-26-40)61-48(67)45(38-41-27-18-13-19-28-41)62-52(71)75-55(4,5)6/h11-19,23-28,42-45H,20-21,30-38H2,1-10H3,(H,58,70)(H,59,66)(H,60,65)(H,61,67)(H,62,71)(H,63,72)/t42-,43-,44-,45-/m1/s1. The summed E-state index contributed by atoms with van der Waals surface area (Å²) in [6, 6.07) is 21.9. The molecule has 76 heavy (non-hydrogen) atoms. The van der Waals surface area contributed by atoms with Crippen molar-refractivity contribution in [2.75, 3.05) is 26.7 Å². The Morgan fingerprint density at radius 1 is 0.566 bits per heavy atom. The number of rotatable bonds is 20. The van der Waals surface area contributed by atoms with Crippen LogP contribution in [0, 0.1) is 11.8 Å². The molecule has 3 aromatic carbocycles. The van der Waals surface area contributed by atoms with Gasteiger partial charge < -0.3 is 55.7 Å². The number of benzene rings is 3.